The fraction of sp³-hybridized carbons (Fsp3) is 0.550. The van der Waals surface area contributed by atoms with E-state index in [0.29, 0.717) is 19.4 Å². The Morgan fingerprint density at radius 3 is 2.56 bits per heavy atom. The van der Waals surface area contributed by atoms with E-state index in [1.807, 2.05) is 32.0 Å². The van der Waals surface area contributed by atoms with Crippen molar-refractivity contribution in [2.75, 3.05) is 26.7 Å². The van der Waals surface area contributed by atoms with Gasteiger partial charge in [-0.1, -0.05) is 26.0 Å². The first-order valence-electron chi connectivity index (χ1n) is 9.57. The molecule has 1 spiro atoms. The highest BCUT2D eigenvalue weighted by Crippen LogP contribution is 2.37. The van der Waals surface area contributed by atoms with Gasteiger partial charge in [0.25, 0.3) is 5.91 Å². The van der Waals surface area contributed by atoms with Crippen LogP contribution in [-0.2, 0) is 11.3 Å². The van der Waals surface area contributed by atoms with Crippen molar-refractivity contribution < 1.29 is 9.59 Å². The molecule has 0 N–H and O–H groups in total. The van der Waals surface area contributed by atoms with Crippen LogP contribution >= 0.6 is 11.3 Å². The lowest BCUT2D eigenvalue weighted by atomic mass is 9.86. The van der Waals surface area contributed by atoms with Crippen molar-refractivity contribution in [1.29, 1.82) is 0 Å². The number of carbonyl (C=O) groups is 2. The number of imide groups is 1. The standard InChI is InChI=1S/C20H26N4O2S/c1-14(2)12-24-18(25)20(22(3)19(24)26)8-10-23(11-9-20)13-17-21-15-6-4-5-7-16(15)27-17/h4-7,14H,8-13H2,1-3H3. The van der Waals surface area contributed by atoms with Crippen molar-refractivity contribution >= 4 is 33.5 Å². The normalized spacial score (nSPS) is 20.6. The number of hydrogen-bond donors (Lipinski definition) is 0. The van der Waals surface area contributed by atoms with Gasteiger partial charge in [-0.05, 0) is 30.9 Å². The van der Waals surface area contributed by atoms with E-state index in [0.717, 1.165) is 30.2 Å². The summed E-state index contributed by atoms with van der Waals surface area (Å²) in [6.45, 7) is 6.97. The maximum Gasteiger partial charge on any atom is 0.327 e. The smallest absolute Gasteiger partial charge is 0.312 e. The molecule has 2 fully saturated rings. The quantitative estimate of drug-likeness (QED) is 0.758. The second-order valence-corrected chi connectivity index (χ2v) is 9.15. The number of aromatic nitrogens is 1. The molecule has 2 saturated heterocycles. The van der Waals surface area contributed by atoms with E-state index in [9.17, 15) is 9.59 Å². The van der Waals surface area contributed by atoms with E-state index in [1.165, 1.54) is 9.60 Å². The molecule has 144 valence electrons. The van der Waals surface area contributed by atoms with Gasteiger partial charge in [0, 0.05) is 26.7 Å². The van der Waals surface area contributed by atoms with Gasteiger partial charge in [0.1, 0.15) is 10.5 Å². The molecular weight excluding hydrogens is 360 g/mol. The van der Waals surface area contributed by atoms with Crippen LogP contribution in [0.25, 0.3) is 10.2 Å². The molecule has 7 heteroatoms. The molecule has 2 aliphatic rings. The van der Waals surface area contributed by atoms with Crippen molar-refractivity contribution in [2.45, 2.75) is 38.8 Å². The fourth-order valence-electron chi connectivity index (χ4n) is 4.18. The van der Waals surface area contributed by atoms with Crippen LogP contribution in [0.3, 0.4) is 0 Å². The zero-order chi connectivity index (χ0) is 19.2. The summed E-state index contributed by atoms with van der Waals surface area (Å²) in [6, 6.07) is 8.05. The topological polar surface area (TPSA) is 56.8 Å². The summed E-state index contributed by atoms with van der Waals surface area (Å²) in [7, 11) is 1.78. The molecule has 0 atom stereocenters. The molecule has 27 heavy (non-hydrogen) atoms. The minimum absolute atomic E-state index is 0.0108. The maximum absolute atomic E-state index is 13.1. The summed E-state index contributed by atoms with van der Waals surface area (Å²) in [6.07, 6.45) is 1.38. The van der Waals surface area contributed by atoms with Crippen LogP contribution < -0.4 is 0 Å². The van der Waals surface area contributed by atoms with E-state index >= 15 is 0 Å². The van der Waals surface area contributed by atoms with Gasteiger partial charge < -0.3 is 4.90 Å². The Hall–Kier alpha value is -1.99. The summed E-state index contributed by atoms with van der Waals surface area (Å²) >= 11 is 1.73. The fourth-order valence-corrected chi connectivity index (χ4v) is 5.19. The predicted molar refractivity (Wildman–Crippen MR) is 107 cm³/mol. The lowest BCUT2D eigenvalue weighted by Gasteiger charge is -2.40. The number of urea groups is 1. The third kappa shape index (κ3) is 3.12. The van der Waals surface area contributed by atoms with Crippen LogP contribution in [0.5, 0.6) is 0 Å². The SMILES string of the molecule is CC(C)CN1C(=O)N(C)C2(CCN(Cc3nc4ccccc4s3)CC2)C1=O. The molecule has 0 aliphatic carbocycles. The number of thiazole rings is 1. The molecule has 1 aromatic carbocycles. The Balaban J connectivity index is 1.44. The minimum Gasteiger partial charge on any atom is -0.312 e. The van der Waals surface area contributed by atoms with Gasteiger partial charge in [0.15, 0.2) is 0 Å². The molecule has 4 rings (SSSR count). The van der Waals surface area contributed by atoms with Crippen LogP contribution in [0.1, 0.15) is 31.7 Å². The molecule has 0 bridgehead atoms. The Labute approximate surface area is 163 Å². The van der Waals surface area contributed by atoms with E-state index < -0.39 is 5.54 Å². The number of likely N-dealkylation sites (tertiary alicyclic amines) is 1. The van der Waals surface area contributed by atoms with Crippen molar-refractivity contribution in [2.24, 2.45) is 5.92 Å². The van der Waals surface area contributed by atoms with Gasteiger partial charge >= 0.3 is 6.03 Å². The molecule has 0 unspecified atom stereocenters. The van der Waals surface area contributed by atoms with Crippen molar-refractivity contribution in [1.82, 2.24) is 19.7 Å². The Kier molecular flexibility index (Phi) is 4.68. The van der Waals surface area contributed by atoms with Crippen LogP contribution in [0, 0.1) is 5.92 Å². The zero-order valence-electron chi connectivity index (χ0n) is 16.1. The molecule has 0 radical (unpaired) electrons. The number of benzene rings is 1. The van der Waals surface area contributed by atoms with Gasteiger partial charge in [-0.25, -0.2) is 9.78 Å². The highest BCUT2D eigenvalue weighted by Gasteiger charge is 2.56. The lowest BCUT2D eigenvalue weighted by molar-refractivity contribution is -0.135. The minimum atomic E-state index is -0.657. The van der Waals surface area contributed by atoms with E-state index in [1.54, 1.807) is 23.3 Å². The molecule has 2 aliphatic heterocycles. The number of fused-ring (bicyclic) bond motifs is 1. The van der Waals surface area contributed by atoms with Crippen molar-refractivity contribution in [3.63, 3.8) is 0 Å². The molecular formula is C20H26N4O2S. The number of rotatable bonds is 4. The number of carbonyl (C=O) groups excluding carboxylic acids is 2. The largest absolute Gasteiger partial charge is 0.327 e. The molecule has 3 heterocycles. The number of piperidine rings is 1. The number of hydrogen-bond acceptors (Lipinski definition) is 5. The third-order valence-corrected chi connectivity index (χ3v) is 6.75. The highest BCUT2D eigenvalue weighted by molar-refractivity contribution is 7.18. The van der Waals surface area contributed by atoms with Gasteiger partial charge in [-0.2, -0.15) is 0 Å². The summed E-state index contributed by atoms with van der Waals surface area (Å²) in [5.41, 5.74) is 0.391. The van der Waals surface area contributed by atoms with Crippen molar-refractivity contribution in [3.8, 4) is 0 Å². The van der Waals surface area contributed by atoms with E-state index in [2.05, 4.69) is 11.0 Å². The molecule has 1 aromatic heterocycles. The van der Waals surface area contributed by atoms with Gasteiger partial charge in [0.2, 0.25) is 0 Å². The second kappa shape index (κ2) is 6.87. The number of nitrogens with zero attached hydrogens (tertiary/aromatic N) is 4. The monoisotopic (exact) mass is 386 g/mol. The Morgan fingerprint density at radius 2 is 1.89 bits per heavy atom. The summed E-state index contributed by atoms with van der Waals surface area (Å²) in [4.78, 5) is 35.9. The molecule has 0 saturated carbocycles. The van der Waals surface area contributed by atoms with Gasteiger partial charge in [-0.15, -0.1) is 11.3 Å². The van der Waals surface area contributed by atoms with Gasteiger partial charge in [0.05, 0.1) is 16.8 Å². The molecule has 3 amide bonds. The lowest BCUT2D eigenvalue weighted by Crippen LogP contribution is -2.55. The van der Waals surface area contributed by atoms with E-state index in [-0.39, 0.29) is 17.9 Å². The van der Waals surface area contributed by atoms with Gasteiger partial charge in [-0.3, -0.25) is 14.6 Å². The molecule has 6 nitrogen and oxygen atoms in total. The summed E-state index contributed by atoms with van der Waals surface area (Å²) in [5.74, 6) is 0.268. The number of likely N-dealkylation sites (N-methyl/N-ethyl adjacent to an activating group) is 1. The predicted octanol–water partition coefficient (Wildman–Crippen LogP) is 3.18. The Morgan fingerprint density at radius 1 is 1.19 bits per heavy atom. The van der Waals surface area contributed by atoms with Crippen LogP contribution in [0.4, 0.5) is 4.79 Å². The van der Waals surface area contributed by atoms with E-state index in [4.69, 9.17) is 4.98 Å². The first-order chi connectivity index (χ1) is 12.9. The summed E-state index contributed by atoms with van der Waals surface area (Å²) < 4.78 is 1.21. The van der Waals surface area contributed by atoms with Crippen LogP contribution in [-0.4, -0.2) is 63.8 Å². The second-order valence-electron chi connectivity index (χ2n) is 8.03. The van der Waals surface area contributed by atoms with Crippen LogP contribution in [0.2, 0.25) is 0 Å². The molecule has 2 aromatic rings. The average molecular weight is 387 g/mol. The maximum atomic E-state index is 13.1. The zero-order valence-corrected chi connectivity index (χ0v) is 17.0. The summed E-state index contributed by atoms with van der Waals surface area (Å²) in [5, 5.41) is 1.11. The number of para-hydroxylation sites is 1. The van der Waals surface area contributed by atoms with Crippen LogP contribution in [0.15, 0.2) is 24.3 Å². The first kappa shape index (κ1) is 18.4. The Bertz CT molecular complexity index is 837. The third-order valence-electron chi connectivity index (χ3n) is 5.73. The number of amides is 3. The van der Waals surface area contributed by atoms with Crippen molar-refractivity contribution in [3.05, 3.63) is 29.3 Å². The highest BCUT2D eigenvalue weighted by atomic mass is 32.1. The first-order valence-corrected chi connectivity index (χ1v) is 10.4. The average Bonchev–Trinajstić information content (AvgIpc) is 3.13.